The quantitative estimate of drug-likeness (QED) is 0.355. The Balaban J connectivity index is 1.56. The lowest BCUT2D eigenvalue weighted by Crippen LogP contribution is -2.35. The summed E-state index contributed by atoms with van der Waals surface area (Å²) in [4.78, 5) is 18.5. The molecule has 0 radical (unpaired) electrons. The predicted molar refractivity (Wildman–Crippen MR) is 138 cm³/mol. The van der Waals surface area contributed by atoms with Crippen LogP contribution >= 0.6 is 0 Å². The van der Waals surface area contributed by atoms with E-state index in [-0.39, 0.29) is 23.3 Å². The maximum atomic E-state index is 13.6. The third-order valence-corrected chi connectivity index (χ3v) is 7.23. The normalized spacial score (nSPS) is 15.4. The van der Waals surface area contributed by atoms with E-state index in [2.05, 4.69) is 39.3 Å². The van der Waals surface area contributed by atoms with Crippen LogP contribution in [-0.4, -0.2) is 30.1 Å². The van der Waals surface area contributed by atoms with Crippen LogP contribution in [-0.2, 0) is 13.1 Å². The van der Waals surface area contributed by atoms with E-state index in [1.54, 1.807) is 12.1 Å². The zero-order valence-electron chi connectivity index (χ0n) is 21.1. The minimum absolute atomic E-state index is 0.102. The smallest absolute Gasteiger partial charge is 0.252 e. The summed E-state index contributed by atoms with van der Waals surface area (Å²) in [7, 11) is 0. The Morgan fingerprint density at radius 2 is 1.83 bits per heavy atom. The van der Waals surface area contributed by atoms with Crippen molar-refractivity contribution < 1.29 is 4.39 Å². The first-order valence-corrected chi connectivity index (χ1v) is 12.8. The maximum absolute atomic E-state index is 13.6. The highest BCUT2D eigenvalue weighted by Crippen LogP contribution is 2.35. The van der Waals surface area contributed by atoms with Gasteiger partial charge < -0.3 is 4.98 Å². The van der Waals surface area contributed by atoms with Crippen LogP contribution in [0.2, 0.25) is 0 Å². The number of H-pyrrole nitrogens is 1. The van der Waals surface area contributed by atoms with Gasteiger partial charge in [0.15, 0.2) is 5.82 Å². The largest absolute Gasteiger partial charge is 0.322 e. The molecule has 0 spiro atoms. The van der Waals surface area contributed by atoms with Crippen molar-refractivity contribution in [2.45, 2.75) is 71.6 Å². The highest BCUT2D eigenvalue weighted by Gasteiger charge is 2.32. The van der Waals surface area contributed by atoms with Gasteiger partial charge in [-0.05, 0) is 76.9 Å². The fraction of sp³-hybridized carbons (Fsp3) is 0.429. The molecule has 1 aliphatic carbocycles. The average Bonchev–Trinajstić information content (AvgIpc) is 3.53. The van der Waals surface area contributed by atoms with E-state index in [0.717, 1.165) is 40.7 Å². The van der Waals surface area contributed by atoms with Crippen LogP contribution in [0.5, 0.6) is 0 Å². The first-order chi connectivity index (χ1) is 17.4. The van der Waals surface area contributed by atoms with E-state index in [1.165, 1.54) is 25.0 Å². The topological polar surface area (TPSA) is 79.7 Å². The maximum Gasteiger partial charge on any atom is 0.252 e. The van der Waals surface area contributed by atoms with Crippen LogP contribution in [0, 0.1) is 18.7 Å². The molecule has 188 valence electrons. The Hall–Kier alpha value is -3.39. The number of halogens is 1. The number of aryl methyl sites for hydroxylation is 1. The molecule has 4 aromatic rings. The first kappa shape index (κ1) is 24.3. The monoisotopic (exact) mass is 488 g/mol. The van der Waals surface area contributed by atoms with Crippen LogP contribution in [0.4, 0.5) is 4.39 Å². The number of tetrazole rings is 1. The highest BCUT2D eigenvalue weighted by molar-refractivity contribution is 5.79. The number of hydrogen-bond donors (Lipinski definition) is 1. The molecule has 1 fully saturated rings. The summed E-state index contributed by atoms with van der Waals surface area (Å²) in [5.74, 6) is 0.739. The molecule has 2 aromatic heterocycles. The molecule has 8 heteroatoms. The lowest BCUT2D eigenvalue weighted by molar-refractivity contribution is 0.123. The van der Waals surface area contributed by atoms with Crippen LogP contribution in [0.3, 0.4) is 0 Å². The van der Waals surface area contributed by atoms with E-state index >= 15 is 0 Å². The van der Waals surface area contributed by atoms with Crippen molar-refractivity contribution in [3.05, 3.63) is 87.2 Å². The van der Waals surface area contributed by atoms with Crippen LogP contribution in [0.15, 0.2) is 53.3 Å². The fourth-order valence-electron chi connectivity index (χ4n) is 5.46. The van der Waals surface area contributed by atoms with Crippen LogP contribution in [0.1, 0.15) is 74.1 Å². The first-order valence-electron chi connectivity index (χ1n) is 12.8. The Labute approximate surface area is 210 Å². The molecule has 0 bridgehead atoms. The second-order valence-corrected chi connectivity index (χ2v) is 10.4. The second kappa shape index (κ2) is 10.3. The van der Waals surface area contributed by atoms with Crippen LogP contribution in [0.25, 0.3) is 10.9 Å². The number of aromatic nitrogens is 5. The lowest BCUT2D eigenvalue weighted by Gasteiger charge is -2.34. The van der Waals surface area contributed by atoms with Gasteiger partial charge in [-0.1, -0.05) is 51.0 Å². The van der Waals surface area contributed by atoms with Gasteiger partial charge in [0, 0.05) is 24.2 Å². The number of pyridine rings is 1. The number of nitrogens with zero attached hydrogens (tertiary/aromatic N) is 5. The number of hydrogen-bond acceptors (Lipinski definition) is 5. The van der Waals surface area contributed by atoms with Gasteiger partial charge in [-0.3, -0.25) is 9.69 Å². The van der Waals surface area contributed by atoms with E-state index < -0.39 is 0 Å². The molecule has 5 rings (SSSR count). The van der Waals surface area contributed by atoms with Gasteiger partial charge in [0.25, 0.3) is 5.56 Å². The SMILES string of the molecule is Cc1ccc2cc(CN(Cc3ccc(F)cc3)C(c3nnnn3C3CCCC3)C(C)C)c(=O)[nH]c2c1. The molecule has 2 aromatic carbocycles. The molecular formula is C28H33FN6O. The van der Waals surface area contributed by atoms with Crippen molar-refractivity contribution in [3.63, 3.8) is 0 Å². The molecular weight excluding hydrogens is 455 g/mol. The lowest BCUT2D eigenvalue weighted by atomic mass is 9.99. The van der Waals surface area contributed by atoms with Gasteiger partial charge in [0.1, 0.15) is 5.82 Å². The molecule has 2 heterocycles. The Bertz CT molecular complexity index is 1390. The summed E-state index contributed by atoms with van der Waals surface area (Å²) in [6.07, 6.45) is 4.51. The second-order valence-electron chi connectivity index (χ2n) is 10.4. The number of nitrogens with one attached hydrogen (secondary N) is 1. The third kappa shape index (κ3) is 5.09. The summed E-state index contributed by atoms with van der Waals surface area (Å²) >= 11 is 0. The average molecular weight is 489 g/mol. The van der Waals surface area contributed by atoms with Gasteiger partial charge in [-0.15, -0.1) is 5.10 Å². The van der Waals surface area contributed by atoms with Crippen molar-refractivity contribution in [2.24, 2.45) is 5.92 Å². The summed E-state index contributed by atoms with van der Waals surface area (Å²) in [6, 6.07) is 14.8. The van der Waals surface area contributed by atoms with Crippen molar-refractivity contribution in [3.8, 4) is 0 Å². The van der Waals surface area contributed by atoms with Crippen molar-refractivity contribution >= 4 is 10.9 Å². The molecule has 1 aliphatic rings. The van der Waals surface area contributed by atoms with Gasteiger partial charge in [-0.2, -0.15) is 0 Å². The predicted octanol–water partition coefficient (Wildman–Crippen LogP) is 5.48. The summed E-state index contributed by atoms with van der Waals surface area (Å²) < 4.78 is 15.7. The molecule has 1 N–H and O–H groups in total. The number of benzene rings is 2. The van der Waals surface area contributed by atoms with Crippen molar-refractivity contribution in [2.75, 3.05) is 0 Å². The standard InChI is InChI=1S/C28H33FN6O/c1-18(2)26(27-31-32-33-35(27)24-6-4-5-7-24)34(16-20-9-12-23(29)13-10-20)17-22-15-21-11-8-19(3)14-25(21)30-28(22)36/h8-15,18,24,26H,4-7,16-17H2,1-3H3,(H,30,36). The number of aromatic amines is 1. The minimum Gasteiger partial charge on any atom is -0.322 e. The van der Waals surface area contributed by atoms with Gasteiger partial charge >= 0.3 is 0 Å². The Kier molecular flexibility index (Phi) is 6.96. The van der Waals surface area contributed by atoms with Gasteiger partial charge in [0.2, 0.25) is 0 Å². The Morgan fingerprint density at radius 1 is 1.08 bits per heavy atom. The fourth-order valence-corrected chi connectivity index (χ4v) is 5.46. The number of rotatable bonds is 8. The zero-order chi connectivity index (χ0) is 25.2. The minimum atomic E-state index is -0.267. The van der Waals surface area contributed by atoms with Gasteiger partial charge in [0.05, 0.1) is 12.1 Å². The molecule has 36 heavy (non-hydrogen) atoms. The van der Waals surface area contributed by atoms with Gasteiger partial charge in [-0.25, -0.2) is 9.07 Å². The summed E-state index contributed by atoms with van der Waals surface area (Å²) in [5.41, 5.74) is 3.48. The number of fused-ring (bicyclic) bond motifs is 1. The summed E-state index contributed by atoms with van der Waals surface area (Å²) in [5, 5.41) is 13.9. The molecule has 1 saturated carbocycles. The van der Waals surface area contributed by atoms with E-state index in [0.29, 0.717) is 24.7 Å². The summed E-state index contributed by atoms with van der Waals surface area (Å²) in [6.45, 7) is 7.27. The molecule has 0 aliphatic heterocycles. The van der Waals surface area contributed by atoms with Crippen molar-refractivity contribution in [1.82, 2.24) is 30.1 Å². The highest BCUT2D eigenvalue weighted by atomic mass is 19.1. The third-order valence-electron chi connectivity index (χ3n) is 7.23. The van der Waals surface area contributed by atoms with E-state index in [1.807, 2.05) is 35.9 Å². The molecule has 0 amide bonds. The zero-order valence-corrected chi connectivity index (χ0v) is 21.1. The molecule has 7 nitrogen and oxygen atoms in total. The Morgan fingerprint density at radius 3 is 2.56 bits per heavy atom. The van der Waals surface area contributed by atoms with Crippen LogP contribution < -0.4 is 5.56 Å². The molecule has 0 saturated heterocycles. The molecule has 1 unspecified atom stereocenters. The van der Waals surface area contributed by atoms with E-state index in [4.69, 9.17) is 0 Å². The van der Waals surface area contributed by atoms with Crippen molar-refractivity contribution in [1.29, 1.82) is 0 Å². The molecule has 1 atom stereocenters. The van der Waals surface area contributed by atoms with E-state index in [9.17, 15) is 9.18 Å².